The Morgan fingerprint density at radius 3 is 2.63 bits per heavy atom. The number of thiazole rings is 2. The van der Waals surface area contributed by atoms with Gasteiger partial charge < -0.3 is 25.4 Å². The van der Waals surface area contributed by atoms with Gasteiger partial charge >= 0.3 is 11.3 Å². The Labute approximate surface area is 246 Å². The molecule has 2 aromatic rings. The van der Waals surface area contributed by atoms with Crippen LogP contribution in [-0.4, -0.2) is 73.9 Å². The number of esters is 1. The normalized spacial score (nSPS) is 20.9. The van der Waals surface area contributed by atoms with E-state index in [9.17, 15) is 19.2 Å². The minimum atomic E-state index is -1.42. The summed E-state index contributed by atoms with van der Waals surface area (Å²) in [6.07, 6.45) is 4.62. The lowest BCUT2D eigenvalue weighted by Crippen LogP contribution is -2.70. The summed E-state index contributed by atoms with van der Waals surface area (Å²) in [5, 5.41) is 7.55. The second-order valence-electron chi connectivity index (χ2n) is 9.99. The molecule has 2 amide bonds. The predicted molar refractivity (Wildman–Crippen MR) is 157 cm³/mol. The number of rotatable bonds is 8. The van der Waals surface area contributed by atoms with Crippen molar-refractivity contribution in [1.29, 1.82) is 0 Å². The standard InChI is InChI=1S/C25H30N6O7S3/c1-13-17(40-11-27-13)9-7-14-6-8-16-19(29-20(32)18(30-36-5)15-10-39-23(26)28-15)21(33)31(16)41(14)24(35)38-12-37-22(34)25(2,3)4/h7,9-11,16,19H,6,8,12H2,1-5H3,(H2,26,28)(H,29,32)/b9-7+,30-18-/t16-,19-,41?/m1/s1. The average Bonchev–Trinajstić information content (AvgIpc) is 3.54. The van der Waals surface area contributed by atoms with E-state index in [4.69, 9.17) is 20.0 Å². The fraction of sp³-hybridized carbons (Fsp3) is 0.440. The summed E-state index contributed by atoms with van der Waals surface area (Å²) in [7, 11) is -0.133. The van der Waals surface area contributed by atoms with Crippen molar-refractivity contribution in [3.05, 3.63) is 33.2 Å². The van der Waals surface area contributed by atoms with Crippen molar-refractivity contribution in [2.24, 2.45) is 10.6 Å². The Hall–Kier alpha value is -3.63. The largest absolute Gasteiger partial charge is 0.427 e. The van der Waals surface area contributed by atoms with Gasteiger partial charge in [-0.3, -0.25) is 18.7 Å². The number of β-lactam (4-membered cyclic amide) rings is 1. The van der Waals surface area contributed by atoms with Crippen LogP contribution >= 0.6 is 33.3 Å². The molecule has 1 fully saturated rings. The van der Waals surface area contributed by atoms with Gasteiger partial charge in [0.25, 0.3) is 11.8 Å². The molecule has 13 nitrogen and oxygen atoms in total. The van der Waals surface area contributed by atoms with Gasteiger partial charge in [-0.1, -0.05) is 5.16 Å². The number of nitrogens with two attached hydrogens (primary N) is 1. The van der Waals surface area contributed by atoms with Crippen LogP contribution in [0.1, 0.15) is 49.9 Å². The number of fused-ring (bicyclic) bond motifs is 1. The van der Waals surface area contributed by atoms with Crippen molar-refractivity contribution in [1.82, 2.24) is 19.6 Å². The number of carbonyl (C=O) groups is 4. The number of carbonyl (C=O) groups excluding carboxylic acids is 4. The minimum absolute atomic E-state index is 0.128. The third kappa shape index (κ3) is 6.65. The van der Waals surface area contributed by atoms with Crippen molar-refractivity contribution in [2.75, 3.05) is 19.6 Å². The van der Waals surface area contributed by atoms with Gasteiger partial charge in [0.15, 0.2) is 10.8 Å². The molecule has 0 saturated carbocycles. The highest BCUT2D eigenvalue weighted by molar-refractivity contribution is 8.27. The summed E-state index contributed by atoms with van der Waals surface area (Å²) in [6, 6.07) is -1.36. The molecule has 3 N–H and O–H groups in total. The van der Waals surface area contributed by atoms with Crippen LogP contribution in [0.25, 0.3) is 6.08 Å². The average molecular weight is 623 g/mol. The number of ether oxygens (including phenoxy) is 2. The Morgan fingerprint density at radius 1 is 1.27 bits per heavy atom. The van der Waals surface area contributed by atoms with Crippen LogP contribution in [0.5, 0.6) is 0 Å². The fourth-order valence-corrected chi connectivity index (χ4v) is 7.31. The first-order chi connectivity index (χ1) is 19.4. The number of oxime groups is 1. The second-order valence-corrected chi connectivity index (χ2v) is 13.6. The van der Waals surface area contributed by atoms with Gasteiger partial charge in [-0.25, -0.2) is 14.8 Å². The Morgan fingerprint density at radius 2 is 2.02 bits per heavy atom. The number of hydrogen-bond donors (Lipinski definition) is 2. The van der Waals surface area contributed by atoms with Gasteiger partial charge in [0, 0.05) is 25.8 Å². The summed E-state index contributed by atoms with van der Waals surface area (Å²) in [4.78, 5) is 66.6. The van der Waals surface area contributed by atoms with Crippen molar-refractivity contribution >= 4 is 78.2 Å². The van der Waals surface area contributed by atoms with E-state index in [1.54, 1.807) is 37.7 Å². The van der Waals surface area contributed by atoms with Gasteiger partial charge in [-0.15, -0.1) is 22.7 Å². The quantitative estimate of drug-likeness (QED) is 0.0846. The Bertz CT molecular complexity index is 1460. The molecule has 0 spiro atoms. The van der Waals surface area contributed by atoms with E-state index in [0.717, 1.165) is 21.9 Å². The zero-order valence-corrected chi connectivity index (χ0v) is 25.5. The van der Waals surface area contributed by atoms with E-state index in [1.165, 1.54) is 22.8 Å². The molecule has 1 unspecified atom stereocenters. The number of nitrogens with one attached hydrogen (secondary N) is 1. The van der Waals surface area contributed by atoms with Crippen molar-refractivity contribution in [3.63, 3.8) is 0 Å². The number of anilines is 1. The SMILES string of the molecule is CO/N=C(\C(=O)N[C@H]1C(=O)N2[C@@H]1CCC(/C=C/c1scnc1C)=S2C(=O)OCOC(=O)C(C)(C)C)c1csc(N)n1. The molecule has 0 aliphatic carbocycles. The lowest BCUT2D eigenvalue weighted by atomic mass is 9.92. The third-order valence-electron chi connectivity index (χ3n) is 6.09. The van der Waals surface area contributed by atoms with Gasteiger partial charge in [-0.2, -0.15) is 0 Å². The number of aryl methyl sites for hydroxylation is 1. The summed E-state index contributed by atoms with van der Waals surface area (Å²) in [5.41, 5.74) is 7.57. The molecule has 3 atom stereocenters. The molecule has 16 heteroatoms. The van der Waals surface area contributed by atoms with E-state index in [1.807, 2.05) is 13.0 Å². The molecule has 2 aliphatic rings. The number of aromatic nitrogens is 2. The van der Waals surface area contributed by atoms with Crippen molar-refractivity contribution in [3.8, 4) is 0 Å². The second kappa shape index (κ2) is 12.5. The van der Waals surface area contributed by atoms with Gasteiger partial charge in [0.1, 0.15) is 18.8 Å². The van der Waals surface area contributed by atoms with Gasteiger partial charge in [0.2, 0.25) is 6.79 Å². The molecular formula is C25H30N6O7S3. The van der Waals surface area contributed by atoms with Crippen LogP contribution in [-0.2, 0) is 28.7 Å². The van der Waals surface area contributed by atoms with Crippen LogP contribution in [0.15, 0.2) is 22.1 Å². The lowest BCUT2D eigenvalue weighted by molar-refractivity contribution is -0.160. The molecule has 4 rings (SSSR count). The highest BCUT2D eigenvalue weighted by Gasteiger charge is 2.53. The number of amides is 2. The maximum Gasteiger partial charge on any atom is 0.383 e. The summed E-state index contributed by atoms with van der Waals surface area (Å²) in [6.45, 7) is 6.35. The highest BCUT2D eigenvalue weighted by Crippen LogP contribution is 2.43. The van der Waals surface area contributed by atoms with Crippen molar-refractivity contribution < 1.29 is 33.5 Å². The molecule has 0 aromatic carbocycles. The van der Waals surface area contributed by atoms with E-state index in [2.05, 4.69) is 20.4 Å². The third-order valence-corrected chi connectivity index (χ3v) is 9.77. The number of nitrogens with zero attached hydrogens (tertiary/aromatic N) is 4. The molecule has 0 radical (unpaired) electrons. The summed E-state index contributed by atoms with van der Waals surface area (Å²) < 4.78 is 11.8. The highest BCUT2D eigenvalue weighted by atomic mass is 32.2. The number of hydrogen-bond acceptors (Lipinski definition) is 13. The van der Waals surface area contributed by atoms with E-state index >= 15 is 0 Å². The Balaban J connectivity index is 1.55. The van der Waals surface area contributed by atoms with Crippen LogP contribution in [0.4, 0.5) is 9.93 Å². The molecule has 4 heterocycles. The van der Waals surface area contributed by atoms with Crippen molar-refractivity contribution in [2.45, 2.75) is 52.6 Å². The molecule has 1 saturated heterocycles. The first-order valence-corrected chi connectivity index (χ1v) is 15.3. The lowest BCUT2D eigenvalue weighted by Gasteiger charge is -2.50. The monoisotopic (exact) mass is 622 g/mol. The van der Waals surface area contributed by atoms with Gasteiger partial charge in [0.05, 0.1) is 22.7 Å². The molecule has 2 aromatic heterocycles. The maximum absolute atomic E-state index is 13.4. The van der Waals surface area contributed by atoms with E-state index in [0.29, 0.717) is 17.7 Å². The first-order valence-electron chi connectivity index (χ1n) is 12.4. The first kappa shape index (κ1) is 30.3. The molecule has 0 bridgehead atoms. The fourth-order valence-electron chi connectivity index (χ4n) is 3.98. The van der Waals surface area contributed by atoms with Crippen LogP contribution < -0.4 is 11.1 Å². The van der Waals surface area contributed by atoms with Gasteiger partial charge in [-0.05, 0) is 52.7 Å². The molecule has 220 valence electrons. The van der Waals surface area contributed by atoms with E-state index in [-0.39, 0.29) is 16.5 Å². The number of allylic oxidation sites excluding steroid dienone is 1. The number of nitrogen functional groups attached to an aromatic ring is 1. The smallest absolute Gasteiger partial charge is 0.383 e. The minimum Gasteiger partial charge on any atom is -0.427 e. The molecular weight excluding hydrogens is 593 g/mol. The summed E-state index contributed by atoms with van der Waals surface area (Å²) in [5.74, 6) is -1.65. The maximum atomic E-state index is 13.4. The van der Waals surface area contributed by atoms with Crippen LogP contribution in [0.3, 0.4) is 0 Å². The predicted octanol–water partition coefficient (Wildman–Crippen LogP) is 3.08. The molecule has 2 aliphatic heterocycles. The van der Waals surface area contributed by atoms with E-state index < -0.39 is 58.0 Å². The zero-order chi connectivity index (χ0) is 29.9. The Kier molecular flexibility index (Phi) is 9.24. The summed E-state index contributed by atoms with van der Waals surface area (Å²) >= 11 is 2.58. The molecule has 41 heavy (non-hydrogen) atoms. The topological polar surface area (TPSA) is 175 Å². The zero-order valence-electron chi connectivity index (χ0n) is 23.0. The van der Waals surface area contributed by atoms with Crippen LogP contribution in [0.2, 0.25) is 0 Å². The van der Waals surface area contributed by atoms with Crippen LogP contribution in [0, 0.1) is 12.3 Å².